The molecule has 0 radical (unpaired) electrons. The Morgan fingerprint density at radius 2 is 2.33 bits per heavy atom. The maximum absolute atomic E-state index is 12.3. The Labute approximate surface area is 131 Å². The number of amides is 1. The number of hydrogen-bond acceptors (Lipinski definition) is 4. The van der Waals surface area contributed by atoms with Gasteiger partial charge in [-0.25, -0.2) is 0 Å². The third kappa shape index (κ3) is 2.66. The molecule has 0 saturated carbocycles. The van der Waals surface area contributed by atoms with E-state index in [0.717, 1.165) is 10.1 Å². The fourth-order valence-electron chi connectivity index (χ4n) is 2.48. The molecular formula is C15H16ClNO3S. The van der Waals surface area contributed by atoms with Gasteiger partial charge in [0.15, 0.2) is 0 Å². The second-order valence-corrected chi connectivity index (χ2v) is 6.72. The Balaban J connectivity index is 1.77. The molecule has 4 nitrogen and oxygen atoms in total. The molecule has 2 aromatic rings. The lowest BCUT2D eigenvalue weighted by atomic mass is 9.97. The van der Waals surface area contributed by atoms with Crippen LogP contribution in [0.4, 0.5) is 0 Å². The number of halogens is 1. The monoisotopic (exact) mass is 325 g/mol. The molecule has 0 bridgehead atoms. The minimum atomic E-state index is -1.00. The van der Waals surface area contributed by atoms with Gasteiger partial charge in [-0.15, -0.1) is 11.3 Å². The summed E-state index contributed by atoms with van der Waals surface area (Å²) in [6, 6.07) is 7.63. The van der Waals surface area contributed by atoms with Crippen LogP contribution in [-0.4, -0.2) is 35.9 Å². The van der Waals surface area contributed by atoms with E-state index in [1.807, 2.05) is 31.2 Å². The van der Waals surface area contributed by atoms with Gasteiger partial charge in [-0.05, 0) is 13.0 Å². The summed E-state index contributed by atoms with van der Waals surface area (Å²) in [6.07, 6.45) is 0.241. The average Bonchev–Trinajstić information content (AvgIpc) is 2.99. The van der Waals surface area contributed by atoms with Gasteiger partial charge in [0, 0.05) is 29.7 Å². The SMILES string of the molecule is CC1OCCC1(O)CNC(=O)c1sc2ccccc2c1Cl. The molecule has 2 heterocycles. The normalized spacial score (nSPS) is 25.4. The quantitative estimate of drug-likeness (QED) is 0.912. The lowest BCUT2D eigenvalue weighted by molar-refractivity contribution is -0.0251. The smallest absolute Gasteiger partial charge is 0.263 e. The Hall–Kier alpha value is -1.14. The van der Waals surface area contributed by atoms with E-state index in [4.69, 9.17) is 16.3 Å². The van der Waals surface area contributed by atoms with Crippen LogP contribution in [0.2, 0.25) is 5.02 Å². The number of thiophene rings is 1. The highest BCUT2D eigenvalue weighted by Gasteiger charge is 2.39. The van der Waals surface area contributed by atoms with Crippen molar-refractivity contribution in [2.24, 2.45) is 0 Å². The zero-order valence-electron chi connectivity index (χ0n) is 11.6. The molecule has 1 saturated heterocycles. The van der Waals surface area contributed by atoms with Gasteiger partial charge in [0.2, 0.25) is 0 Å². The molecule has 2 unspecified atom stereocenters. The van der Waals surface area contributed by atoms with E-state index in [2.05, 4.69) is 5.32 Å². The van der Waals surface area contributed by atoms with Crippen molar-refractivity contribution in [2.45, 2.75) is 25.0 Å². The van der Waals surface area contributed by atoms with Crippen molar-refractivity contribution in [3.8, 4) is 0 Å². The highest BCUT2D eigenvalue weighted by Crippen LogP contribution is 2.35. The number of rotatable bonds is 3. The molecule has 0 aliphatic carbocycles. The molecule has 1 aliphatic rings. The number of carbonyl (C=O) groups excluding carboxylic acids is 1. The molecule has 3 rings (SSSR count). The first kappa shape index (κ1) is 14.8. The van der Waals surface area contributed by atoms with E-state index >= 15 is 0 Å². The number of ether oxygens (including phenoxy) is 1. The lowest BCUT2D eigenvalue weighted by Crippen LogP contribution is -2.47. The maximum Gasteiger partial charge on any atom is 0.263 e. The maximum atomic E-state index is 12.3. The Kier molecular flexibility index (Phi) is 3.92. The summed E-state index contributed by atoms with van der Waals surface area (Å²) in [4.78, 5) is 12.8. The zero-order valence-corrected chi connectivity index (χ0v) is 13.1. The minimum Gasteiger partial charge on any atom is -0.385 e. The Morgan fingerprint density at radius 1 is 1.57 bits per heavy atom. The van der Waals surface area contributed by atoms with Crippen LogP contribution in [0.1, 0.15) is 23.0 Å². The number of aliphatic hydroxyl groups is 1. The van der Waals surface area contributed by atoms with Gasteiger partial charge in [0.25, 0.3) is 5.91 Å². The highest BCUT2D eigenvalue weighted by atomic mass is 35.5. The fraction of sp³-hybridized carbons (Fsp3) is 0.400. The third-order valence-corrected chi connectivity index (χ3v) is 5.63. The molecular weight excluding hydrogens is 310 g/mol. The van der Waals surface area contributed by atoms with Crippen LogP contribution in [0.25, 0.3) is 10.1 Å². The predicted molar refractivity (Wildman–Crippen MR) is 84.1 cm³/mol. The summed E-state index contributed by atoms with van der Waals surface area (Å²) in [6.45, 7) is 2.49. The predicted octanol–water partition coefficient (Wildman–Crippen LogP) is 2.82. The topological polar surface area (TPSA) is 58.6 Å². The van der Waals surface area contributed by atoms with E-state index in [-0.39, 0.29) is 18.6 Å². The Morgan fingerprint density at radius 3 is 3.00 bits per heavy atom. The van der Waals surface area contributed by atoms with E-state index in [1.165, 1.54) is 11.3 Å². The van der Waals surface area contributed by atoms with Gasteiger partial charge in [-0.1, -0.05) is 29.8 Å². The van der Waals surface area contributed by atoms with Gasteiger partial charge in [0.1, 0.15) is 10.5 Å². The third-order valence-electron chi connectivity index (χ3n) is 3.96. The van der Waals surface area contributed by atoms with Crippen LogP contribution in [0.3, 0.4) is 0 Å². The number of benzene rings is 1. The van der Waals surface area contributed by atoms with Crippen molar-refractivity contribution in [2.75, 3.05) is 13.2 Å². The van der Waals surface area contributed by atoms with E-state index < -0.39 is 5.60 Å². The number of nitrogens with one attached hydrogen (secondary N) is 1. The molecule has 2 N–H and O–H groups in total. The molecule has 1 aliphatic heterocycles. The van der Waals surface area contributed by atoms with Crippen LogP contribution < -0.4 is 5.32 Å². The first-order valence-electron chi connectivity index (χ1n) is 6.80. The van der Waals surface area contributed by atoms with Crippen LogP contribution in [0, 0.1) is 0 Å². The first-order chi connectivity index (χ1) is 10.0. The number of carbonyl (C=O) groups is 1. The second-order valence-electron chi connectivity index (χ2n) is 5.29. The van der Waals surface area contributed by atoms with Gasteiger partial charge < -0.3 is 15.2 Å². The van der Waals surface area contributed by atoms with Crippen molar-refractivity contribution in [3.05, 3.63) is 34.2 Å². The van der Waals surface area contributed by atoms with Crippen LogP contribution in [0.5, 0.6) is 0 Å². The number of hydrogen-bond donors (Lipinski definition) is 2. The number of fused-ring (bicyclic) bond motifs is 1. The second kappa shape index (κ2) is 5.57. The van der Waals surface area contributed by atoms with Gasteiger partial charge in [0.05, 0.1) is 11.1 Å². The molecule has 1 aromatic heterocycles. The van der Waals surface area contributed by atoms with Gasteiger partial charge in [-0.2, -0.15) is 0 Å². The lowest BCUT2D eigenvalue weighted by Gasteiger charge is -2.25. The molecule has 1 fully saturated rings. The van der Waals surface area contributed by atoms with Crippen molar-refractivity contribution in [1.82, 2.24) is 5.32 Å². The Bertz CT molecular complexity index is 687. The van der Waals surface area contributed by atoms with Crippen LogP contribution in [-0.2, 0) is 4.74 Å². The van der Waals surface area contributed by atoms with Crippen molar-refractivity contribution in [3.63, 3.8) is 0 Å². The average molecular weight is 326 g/mol. The standard InChI is InChI=1S/C15H16ClNO3S/c1-9-15(19,6-7-20-9)8-17-14(18)13-12(16)10-4-2-3-5-11(10)21-13/h2-5,9,19H,6-8H2,1H3,(H,17,18). The molecule has 1 aromatic carbocycles. The minimum absolute atomic E-state index is 0.164. The van der Waals surface area contributed by atoms with Crippen LogP contribution in [0.15, 0.2) is 24.3 Å². The summed E-state index contributed by atoms with van der Waals surface area (Å²) in [5.41, 5.74) is -1.00. The summed E-state index contributed by atoms with van der Waals surface area (Å²) in [5, 5.41) is 14.5. The summed E-state index contributed by atoms with van der Waals surface area (Å²) < 4.78 is 6.33. The fourth-order valence-corrected chi connectivity index (χ4v) is 3.91. The van der Waals surface area contributed by atoms with E-state index in [9.17, 15) is 9.90 Å². The summed E-state index contributed by atoms with van der Waals surface area (Å²) in [7, 11) is 0. The molecule has 1 amide bonds. The zero-order chi connectivity index (χ0) is 15.0. The van der Waals surface area contributed by atoms with Gasteiger partial charge in [-0.3, -0.25) is 4.79 Å². The van der Waals surface area contributed by atoms with Crippen molar-refractivity contribution in [1.29, 1.82) is 0 Å². The molecule has 112 valence electrons. The first-order valence-corrected chi connectivity index (χ1v) is 8.00. The highest BCUT2D eigenvalue weighted by molar-refractivity contribution is 7.21. The summed E-state index contributed by atoms with van der Waals surface area (Å²) in [5.74, 6) is -0.256. The van der Waals surface area contributed by atoms with E-state index in [0.29, 0.717) is 22.9 Å². The van der Waals surface area contributed by atoms with Crippen molar-refractivity contribution < 1.29 is 14.6 Å². The molecule has 2 atom stereocenters. The van der Waals surface area contributed by atoms with Crippen molar-refractivity contribution >= 4 is 38.9 Å². The largest absolute Gasteiger partial charge is 0.385 e. The van der Waals surface area contributed by atoms with Gasteiger partial charge >= 0.3 is 0 Å². The van der Waals surface area contributed by atoms with Crippen LogP contribution >= 0.6 is 22.9 Å². The molecule has 21 heavy (non-hydrogen) atoms. The summed E-state index contributed by atoms with van der Waals surface area (Å²) >= 11 is 7.63. The molecule has 6 heteroatoms. The van der Waals surface area contributed by atoms with E-state index in [1.54, 1.807) is 0 Å². The molecule has 0 spiro atoms.